The van der Waals surface area contributed by atoms with Crippen LogP contribution in [0.1, 0.15) is 24.6 Å². The molecular weight excluding hydrogens is 446 g/mol. The van der Waals surface area contributed by atoms with E-state index >= 15 is 0 Å². The molecule has 1 aromatic carbocycles. The van der Waals surface area contributed by atoms with Gasteiger partial charge in [-0.2, -0.15) is 0 Å². The van der Waals surface area contributed by atoms with E-state index in [0.29, 0.717) is 46.2 Å². The van der Waals surface area contributed by atoms with Crippen molar-refractivity contribution < 1.29 is 23.7 Å². The average Bonchev–Trinajstić information content (AvgIpc) is 3.43. The van der Waals surface area contributed by atoms with Crippen LogP contribution in [0.15, 0.2) is 36.8 Å². The van der Waals surface area contributed by atoms with Gasteiger partial charge in [0.2, 0.25) is 0 Å². The van der Waals surface area contributed by atoms with Gasteiger partial charge >= 0.3 is 0 Å². The molecule has 2 aliphatic rings. The normalized spacial score (nSPS) is 28.7. The van der Waals surface area contributed by atoms with Crippen LogP contribution in [0, 0.1) is 17.6 Å². The number of benzene rings is 1. The molecule has 4 aromatic rings. The molecule has 6 rings (SSSR count). The average molecular weight is 468 g/mol. The number of aromatic nitrogens is 4. The van der Waals surface area contributed by atoms with Gasteiger partial charge in [-0.25, -0.2) is 23.7 Å². The SMILES string of the molecule is Nc1nc2cc(C[C@@H]3CC[C@@]4(O)[C@@H]3O[C@@H](n3ccc5c(N)ncnc53)[C@@H]4O)c(F)cc2cc1F. The number of aliphatic hydroxyl groups excluding tert-OH is 1. The molecule has 1 aliphatic carbocycles. The maximum Gasteiger partial charge on any atom is 0.165 e. The fraction of sp³-hybridized carbons (Fsp3) is 0.348. The van der Waals surface area contributed by atoms with Crippen molar-refractivity contribution in [2.45, 2.75) is 43.3 Å². The minimum absolute atomic E-state index is 0.245. The second kappa shape index (κ2) is 7.29. The summed E-state index contributed by atoms with van der Waals surface area (Å²) in [4.78, 5) is 12.2. The molecule has 0 spiro atoms. The largest absolute Gasteiger partial charge is 0.385 e. The van der Waals surface area contributed by atoms with E-state index in [0.717, 1.165) is 6.07 Å². The summed E-state index contributed by atoms with van der Waals surface area (Å²) >= 11 is 0. The summed E-state index contributed by atoms with van der Waals surface area (Å²) < 4.78 is 36.4. The van der Waals surface area contributed by atoms with E-state index in [-0.39, 0.29) is 18.2 Å². The molecule has 0 radical (unpaired) electrons. The van der Waals surface area contributed by atoms with Crippen LogP contribution in [0.5, 0.6) is 0 Å². The summed E-state index contributed by atoms with van der Waals surface area (Å²) in [6, 6.07) is 5.64. The highest BCUT2D eigenvalue weighted by atomic mass is 19.1. The third kappa shape index (κ3) is 2.97. The van der Waals surface area contributed by atoms with Crippen molar-refractivity contribution in [1.82, 2.24) is 19.5 Å². The molecule has 3 aromatic heterocycles. The van der Waals surface area contributed by atoms with Crippen molar-refractivity contribution in [2.75, 3.05) is 11.5 Å². The number of ether oxygens (including phenoxy) is 1. The summed E-state index contributed by atoms with van der Waals surface area (Å²) in [6.45, 7) is 0. The van der Waals surface area contributed by atoms with Gasteiger partial charge in [0, 0.05) is 11.6 Å². The number of nitrogens with two attached hydrogens (primary N) is 2. The number of rotatable bonds is 3. The molecule has 0 bridgehead atoms. The zero-order valence-electron chi connectivity index (χ0n) is 17.9. The number of fused-ring (bicyclic) bond motifs is 3. The smallest absolute Gasteiger partial charge is 0.165 e. The van der Waals surface area contributed by atoms with Crippen LogP contribution >= 0.6 is 0 Å². The van der Waals surface area contributed by atoms with Gasteiger partial charge in [-0.05, 0) is 55.0 Å². The molecule has 1 saturated heterocycles. The lowest BCUT2D eigenvalue weighted by Crippen LogP contribution is -2.45. The van der Waals surface area contributed by atoms with Crippen LogP contribution < -0.4 is 11.5 Å². The first-order valence-corrected chi connectivity index (χ1v) is 10.9. The quantitative estimate of drug-likeness (QED) is 0.358. The summed E-state index contributed by atoms with van der Waals surface area (Å²) in [5, 5.41) is 23.3. The highest BCUT2D eigenvalue weighted by Crippen LogP contribution is 2.50. The number of halogens is 2. The van der Waals surface area contributed by atoms with Crippen LogP contribution in [-0.4, -0.2) is 47.5 Å². The van der Waals surface area contributed by atoms with E-state index in [9.17, 15) is 19.0 Å². The molecule has 176 valence electrons. The minimum Gasteiger partial charge on any atom is -0.385 e. The van der Waals surface area contributed by atoms with Crippen LogP contribution in [0.3, 0.4) is 0 Å². The molecule has 1 aliphatic heterocycles. The summed E-state index contributed by atoms with van der Waals surface area (Å²) in [6.07, 6.45) is 1.23. The Labute approximate surface area is 192 Å². The van der Waals surface area contributed by atoms with Crippen molar-refractivity contribution in [2.24, 2.45) is 5.92 Å². The van der Waals surface area contributed by atoms with Gasteiger partial charge in [0.05, 0.1) is 17.0 Å². The predicted molar refractivity (Wildman–Crippen MR) is 119 cm³/mol. The molecule has 6 N–H and O–H groups in total. The third-order valence-electron chi connectivity index (χ3n) is 7.16. The second-order valence-corrected chi connectivity index (χ2v) is 9.10. The zero-order chi connectivity index (χ0) is 23.8. The molecule has 0 amide bonds. The van der Waals surface area contributed by atoms with Crippen LogP contribution in [0.25, 0.3) is 21.9 Å². The zero-order valence-corrected chi connectivity index (χ0v) is 17.9. The fourth-order valence-corrected chi connectivity index (χ4v) is 5.42. The van der Waals surface area contributed by atoms with E-state index in [1.807, 2.05) is 0 Å². The Balaban J connectivity index is 1.32. The van der Waals surface area contributed by atoms with E-state index in [4.69, 9.17) is 16.2 Å². The molecule has 34 heavy (non-hydrogen) atoms. The van der Waals surface area contributed by atoms with E-state index in [1.165, 1.54) is 12.4 Å². The summed E-state index contributed by atoms with van der Waals surface area (Å²) in [5.74, 6) is -1.43. The summed E-state index contributed by atoms with van der Waals surface area (Å²) in [5.41, 5.74) is 11.2. The molecule has 2 fully saturated rings. The van der Waals surface area contributed by atoms with E-state index in [1.54, 1.807) is 22.9 Å². The maximum absolute atomic E-state index is 14.9. The number of anilines is 2. The molecule has 11 heteroatoms. The minimum atomic E-state index is -1.50. The van der Waals surface area contributed by atoms with E-state index < -0.39 is 35.7 Å². The Hall–Kier alpha value is -3.41. The number of nitrogens with zero attached hydrogens (tertiary/aromatic N) is 4. The highest BCUT2D eigenvalue weighted by Gasteiger charge is 2.61. The van der Waals surface area contributed by atoms with Gasteiger partial charge in [-0.1, -0.05) is 0 Å². The van der Waals surface area contributed by atoms with Gasteiger partial charge in [0.25, 0.3) is 0 Å². The molecule has 5 atom stereocenters. The van der Waals surface area contributed by atoms with Crippen LogP contribution in [0.4, 0.5) is 20.4 Å². The van der Waals surface area contributed by atoms with Gasteiger partial charge in [-0.15, -0.1) is 0 Å². The number of aliphatic hydroxyl groups is 2. The Bertz CT molecular complexity index is 1450. The van der Waals surface area contributed by atoms with Crippen molar-refractivity contribution in [3.63, 3.8) is 0 Å². The molecule has 9 nitrogen and oxygen atoms in total. The lowest BCUT2D eigenvalue weighted by molar-refractivity contribution is -0.0675. The number of pyridine rings is 1. The first-order chi connectivity index (χ1) is 16.3. The Morgan fingerprint density at radius 2 is 1.94 bits per heavy atom. The van der Waals surface area contributed by atoms with Gasteiger partial charge in [-0.3, -0.25) is 0 Å². The van der Waals surface area contributed by atoms with E-state index in [2.05, 4.69) is 15.0 Å². The maximum atomic E-state index is 14.9. The Kier molecular flexibility index (Phi) is 4.54. The Morgan fingerprint density at radius 1 is 1.15 bits per heavy atom. The fourth-order valence-electron chi connectivity index (χ4n) is 5.42. The van der Waals surface area contributed by atoms with Crippen molar-refractivity contribution in [3.05, 3.63) is 54.0 Å². The van der Waals surface area contributed by atoms with Crippen LogP contribution in [0.2, 0.25) is 0 Å². The Morgan fingerprint density at radius 3 is 2.76 bits per heavy atom. The predicted octanol–water partition coefficient (Wildman–Crippen LogP) is 2.06. The van der Waals surface area contributed by atoms with Gasteiger partial charge in [0.1, 0.15) is 35.3 Å². The topological polar surface area (TPSA) is 145 Å². The monoisotopic (exact) mass is 468 g/mol. The second-order valence-electron chi connectivity index (χ2n) is 9.10. The van der Waals surface area contributed by atoms with Gasteiger partial charge < -0.3 is 31.0 Å². The third-order valence-corrected chi connectivity index (χ3v) is 7.16. The van der Waals surface area contributed by atoms with Crippen LogP contribution in [-0.2, 0) is 11.2 Å². The lowest BCUT2D eigenvalue weighted by atomic mass is 9.89. The number of nitrogen functional groups attached to an aromatic ring is 2. The van der Waals surface area contributed by atoms with Gasteiger partial charge in [0.15, 0.2) is 17.9 Å². The molecule has 1 saturated carbocycles. The molecular formula is C23H22F2N6O3. The van der Waals surface area contributed by atoms with Crippen molar-refractivity contribution >= 4 is 33.6 Å². The summed E-state index contributed by atoms with van der Waals surface area (Å²) in [7, 11) is 0. The van der Waals surface area contributed by atoms with Crippen molar-refractivity contribution in [3.8, 4) is 0 Å². The molecule has 4 heterocycles. The highest BCUT2D eigenvalue weighted by molar-refractivity contribution is 5.86. The first kappa shape index (κ1) is 21.1. The molecule has 0 unspecified atom stereocenters. The first-order valence-electron chi connectivity index (χ1n) is 10.9. The standard InChI is InChI=1S/C23H22F2N6O3/c24-14-6-12-7-15(25)20(27)30-16(12)8-11(14)5-10-1-3-23(33)17(32)22(34-18(10)23)31-4-2-13-19(26)28-9-29-21(13)31/h2,4,6-10,17-18,22,32-33H,1,3,5H2,(H2,27,30)(H2,26,28,29)/t10-,17-,18+,22+,23-/m0/s1. The number of hydrogen-bond donors (Lipinski definition) is 4. The lowest BCUT2D eigenvalue weighted by Gasteiger charge is -2.26. The number of hydrogen-bond acceptors (Lipinski definition) is 8. The van der Waals surface area contributed by atoms with Crippen molar-refractivity contribution in [1.29, 1.82) is 0 Å².